The van der Waals surface area contributed by atoms with Crippen molar-refractivity contribution in [3.63, 3.8) is 0 Å². The number of hydrogen-bond donors (Lipinski definition) is 1. The molecule has 0 saturated heterocycles. The van der Waals surface area contributed by atoms with Gasteiger partial charge in [-0.3, -0.25) is 4.79 Å². The number of H-pyrrole nitrogens is 1. The van der Waals surface area contributed by atoms with Crippen molar-refractivity contribution in [2.75, 3.05) is 0 Å². The van der Waals surface area contributed by atoms with E-state index in [1.165, 1.54) is 22.6 Å². The third-order valence-corrected chi connectivity index (χ3v) is 6.96. The first-order valence-electron chi connectivity index (χ1n) is 8.48. The molecule has 130 valence electrons. The Balaban J connectivity index is 1.68. The number of aryl methyl sites for hydroxylation is 1. The molecule has 0 bridgehead atoms. The zero-order valence-electron chi connectivity index (χ0n) is 14.1. The van der Waals surface area contributed by atoms with E-state index in [4.69, 9.17) is 4.98 Å². The third kappa shape index (κ3) is 3.25. The number of rotatable bonds is 3. The molecule has 6 heteroatoms. The van der Waals surface area contributed by atoms with Gasteiger partial charge in [0, 0.05) is 9.77 Å². The maximum atomic E-state index is 13.0. The lowest BCUT2D eigenvalue weighted by molar-refractivity contribution is 0.509. The molecule has 0 saturated carbocycles. The van der Waals surface area contributed by atoms with Crippen LogP contribution in [-0.4, -0.2) is 9.97 Å². The van der Waals surface area contributed by atoms with Gasteiger partial charge in [0.2, 0.25) is 0 Å². The molecule has 2 heterocycles. The molecule has 1 aliphatic carbocycles. The normalized spacial score (nSPS) is 18.3. The maximum Gasteiger partial charge on any atom is 0.259 e. The fourth-order valence-electron chi connectivity index (χ4n) is 3.33. The van der Waals surface area contributed by atoms with Gasteiger partial charge in [-0.05, 0) is 61.9 Å². The number of thiophene rings is 1. The Morgan fingerprint density at radius 2 is 2.12 bits per heavy atom. The highest BCUT2D eigenvalue weighted by Crippen LogP contribution is 2.37. The second-order valence-corrected chi connectivity index (χ2v) is 9.19. The van der Waals surface area contributed by atoms with Crippen molar-refractivity contribution in [1.29, 1.82) is 0 Å². The molecule has 2 atom stereocenters. The van der Waals surface area contributed by atoms with E-state index in [2.05, 4.69) is 11.9 Å². The molecular weight excluding hydrogens is 355 g/mol. The Kier molecular flexibility index (Phi) is 4.41. The van der Waals surface area contributed by atoms with E-state index in [1.807, 2.05) is 6.92 Å². The lowest BCUT2D eigenvalue weighted by atomic mass is 9.89. The van der Waals surface area contributed by atoms with Crippen LogP contribution in [0, 0.1) is 11.7 Å². The summed E-state index contributed by atoms with van der Waals surface area (Å²) in [5.74, 6) is 1.11. The summed E-state index contributed by atoms with van der Waals surface area (Å²) in [7, 11) is 0. The first-order chi connectivity index (χ1) is 12.0. The molecule has 2 aromatic heterocycles. The van der Waals surface area contributed by atoms with Crippen molar-refractivity contribution in [3.05, 3.63) is 56.7 Å². The van der Waals surface area contributed by atoms with Crippen molar-refractivity contribution in [2.24, 2.45) is 5.92 Å². The Bertz CT molecular complexity index is 977. The Hall–Kier alpha value is -1.66. The van der Waals surface area contributed by atoms with Crippen LogP contribution in [0.2, 0.25) is 0 Å². The number of halogens is 1. The SMILES string of the molecule is C[C@@H]1CCc2c(sc3nc([C@@H](C)Sc4ccc(F)cc4)[nH]c(=O)c23)C1. The minimum absolute atomic E-state index is 0.0133. The van der Waals surface area contributed by atoms with E-state index in [9.17, 15) is 9.18 Å². The van der Waals surface area contributed by atoms with Gasteiger partial charge in [-0.2, -0.15) is 0 Å². The second kappa shape index (κ2) is 6.57. The molecule has 0 spiro atoms. The monoisotopic (exact) mass is 374 g/mol. The third-order valence-electron chi connectivity index (χ3n) is 4.70. The summed E-state index contributed by atoms with van der Waals surface area (Å²) in [5.41, 5.74) is 1.18. The van der Waals surface area contributed by atoms with Crippen molar-refractivity contribution in [3.8, 4) is 0 Å². The fraction of sp³-hybridized carbons (Fsp3) is 0.368. The van der Waals surface area contributed by atoms with Gasteiger partial charge in [0.1, 0.15) is 16.5 Å². The zero-order chi connectivity index (χ0) is 17.6. The minimum Gasteiger partial charge on any atom is -0.309 e. The first kappa shape index (κ1) is 16.8. The van der Waals surface area contributed by atoms with E-state index < -0.39 is 0 Å². The van der Waals surface area contributed by atoms with Crippen molar-refractivity contribution in [1.82, 2.24) is 9.97 Å². The predicted octanol–water partition coefficient (Wildman–Crippen LogP) is 5.10. The van der Waals surface area contributed by atoms with Crippen LogP contribution in [-0.2, 0) is 12.8 Å². The average Bonchev–Trinajstić information content (AvgIpc) is 2.94. The average molecular weight is 375 g/mol. The number of thioether (sulfide) groups is 1. The molecule has 0 radical (unpaired) electrons. The molecule has 3 nitrogen and oxygen atoms in total. The number of benzene rings is 1. The van der Waals surface area contributed by atoms with Crippen LogP contribution in [0.3, 0.4) is 0 Å². The minimum atomic E-state index is -0.247. The zero-order valence-corrected chi connectivity index (χ0v) is 15.8. The molecule has 1 aliphatic rings. The quantitative estimate of drug-likeness (QED) is 0.649. The van der Waals surface area contributed by atoms with Crippen LogP contribution in [0.5, 0.6) is 0 Å². The summed E-state index contributed by atoms with van der Waals surface area (Å²) in [6, 6.07) is 6.39. The lowest BCUT2D eigenvalue weighted by Crippen LogP contribution is -2.15. The predicted molar refractivity (Wildman–Crippen MR) is 102 cm³/mol. The molecule has 4 rings (SSSR count). The van der Waals surface area contributed by atoms with Gasteiger partial charge < -0.3 is 4.98 Å². The second-order valence-electron chi connectivity index (χ2n) is 6.70. The van der Waals surface area contributed by atoms with Gasteiger partial charge in [-0.25, -0.2) is 9.37 Å². The first-order valence-corrected chi connectivity index (χ1v) is 10.2. The molecular formula is C19H19FN2OS2. The molecule has 1 N–H and O–H groups in total. The molecule has 1 aromatic carbocycles. The van der Waals surface area contributed by atoms with E-state index >= 15 is 0 Å². The molecule has 0 fully saturated rings. The standard InChI is InChI=1S/C19H19FN2OS2/c1-10-3-8-14-15(9-10)25-19-16(14)18(23)21-17(22-19)11(2)24-13-6-4-12(20)5-7-13/h4-7,10-11H,3,8-9H2,1-2H3,(H,21,22,23)/t10-,11-/m1/s1. The van der Waals surface area contributed by atoms with E-state index in [0.717, 1.165) is 34.4 Å². The largest absolute Gasteiger partial charge is 0.309 e. The van der Waals surface area contributed by atoms with Crippen LogP contribution in [0.15, 0.2) is 34.0 Å². The molecule has 3 aromatic rings. The van der Waals surface area contributed by atoms with E-state index in [-0.39, 0.29) is 16.6 Å². The van der Waals surface area contributed by atoms with Crippen LogP contribution in [0.4, 0.5) is 4.39 Å². The molecule has 0 aliphatic heterocycles. The molecule has 0 unspecified atom stereocenters. The summed E-state index contributed by atoms with van der Waals surface area (Å²) >= 11 is 3.23. The number of nitrogens with zero attached hydrogens (tertiary/aromatic N) is 1. The summed E-state index contributed by atoms with van der Waals surface area (Å²) in [5, 5.41) is 0.773. The number of aromatic nitrogens is 2. The summed E-state index contributed by atoms with van der Waals surface area (Å²) < 4.78 is 13.0. The van der Waals surface area contributed by atoms with Gasteiger partial charge >= 0.3 is 0 Å². The number of fused-ring (bicyclic) bond motifs is 3. The highest BCUT2D eigenvalue weighted by atomic mass is 32.2. The van der Waals surface area contributed by atoms with Crippen LogP contribution >= 0.6 is 23.1 Å². The van der Waals surface area contributed by atoms with Crippen molar-refractivity contribution in [2.45, 2.75) is 43.3 Å². The van der Waals surface area contributed by atoms with Gasteiger partial charge in [0.15, 0.2) is 0 Å². The van der Waals surface area contributed by atoms with Gasteiger partial charge in [0.25, 0.3) is 5.56 Å². The summed E-state index contributed by atoms with van der Waals surface area (Å²) in [4.78, 5) is 23.5. The smallest absolute Gasteiger partial charge is 0.259 e. The topological polar surface area (TPSA) is 45.8 Å². The van der Waals surface area contributed by atoms with Crippen molar-refractivity contribution < 1.29 is 4.39 Å². The fourth-order valence-corrected chi connectivity index (χ4v) is 5.65. The van der Waals surface area contributed by atoms with Gasteiger partial charge in [-0.15, -0.1) is 23.1 Å². The van der Waals surface area contributed by atoms with Crippen molar-refractivity contribution >= 4 is 33.3 Å². The lowest BCUT2D eigenvalue weighted by Gasteiger charge is -2.17. The van der Waals surface area contributed by atoms with E-state index in [1.54, 1.807) is 35.2 Å². The van der Waals surface area contributed by atoms with Crippen LogP contribution in [0.25, 0.3) is 10.2 Å². The summed E-state index contributed by atoms with van der Waals surface area (Å²) in [6.07, 6.45) is 3.16. The van der Waals surface area contributed by atoms with E-state index in [0.29, 0.717) is 11.7 Å². The maximum absolute atomic E-state index is 13.0. The highest BCUT2D eigenvalue weighted by Gasteiger charge is 2.23. The molecule has 25 heavy (non-hydrogen) atoms. The van der Waals surface area contributed by atoms with Gasteiger partial charge in [0.05, 0.1) is 10.6 Å². The molecule has 0 amide bonds. The number of hydrogen-bond acceptors (Lipinski definition) is 4. The van der Waals surface area contributed by atoms with Crippen LogP contribution in [0.1, 0.15) is 41.8 Å². The summed E-state index contributed by atoms with van der Waals surface area (Å²) in [6.45, 7) is 4.27. The Morgan fingerprint density at radius 1 is 1.36 bits per heavy atom. The Morgan fingerprint density at radius 3 is 2.88 bits per heavy atom. The number of aromatic amines is 1. The number of nitrogens with one attached hydrogen (secondary N) is 1. The van der Waals surface area contributed by atoms with Crippen LogP contribution < -0.4 is 5.56 Å². The Labute approximate surface area is 153 Å². The van der Waals surface area contributed by atoms with Gasteiger partial charge in [-0.1, -0.05) is 6.92 Å². The highest BCUT2D eigenvalue weighted by molar-refractivity contribution is 7.99.